The van der Waals surface area contributed by atoms with Crippen molar-refractivity contribution < 1.29 is 9.53 Å². The molecular formula is C10H17N3O2. The SMILES string of the molecule is COCCCC(=O)N(C)Cc1ncc[nH]1. The zero-order valence-electron chi connectivity index (χ0n) is 9.19. The lowest BCUT2D eigenvalue weighted by molar-refractivity contribution is -0.130. The molecule has 0 bridgehead atoms. The fourth-order valence-electron chi connectivity index (χ4n) is 1.26. The predicted octanol–water partition coefficient (Wildman–Crippen LogP) is 0.795. The molecule has 0 radical (unpaired) electrons. The van der Waals surface area contributed by atoms with Crippen LogP contribution in [0.5, 0.6) is 0 Å². The molecule has 1 heterocycles. The number of ether oxygens (including phenoxy) is 1. The minimum absolute atomic E-state index is 0.114. The van der Waals surface area contributed by atoms with Gasteiger partial charge in [0.15, 0.2) is 0 Å². The highest BCUT2D eigenvalue weighted by atomic mass is 16.5. The van der Waals surface area contributed by atoms with E-state index < -0.39 is 0 Å². The first kappa shape index (κ1) is 11.7. The summed E-state index contributed by atoms with van der Waals surface area (Å²) in [5, 5.41) is 0. The number of rotatable bonds is 6. The number of methoxy groups -OCH3 is 1. The van der Waals surface area contributed by atoms with Crippen LogP contribution in [0.3, 0.4) is 0 Å². The van der Waals surface area contributed by atoms with Crippen LogP contribution < -0.4 is 0 Å². The second kappa shape index (κ2) is 6.19. The van der Waals surface area contributed by atoms with Crippen molar-refractivity contribution in [2.75, 3.05) is 20.8 Å². The second-order valence-corrected chi connectivity index (χ2v) is 3.38. The molecule has 1 aromatic heterocycles. The van der Waals surface area contributed by atoms with Gasteiger partial charge in [-0.15, -0.1) is 0 Å². The molecule has 0 aliphatic heterocycles. The zero-order valence-corrected chi connectivity index (χ0v) is 9.19. The number of nitrogens with one attached hydrogen (secondary N) is 1. The summed E-state index contributed by atoms with van der Waals surface area (Å²) in [6.45, 7) is 1.15. The molecule has 0 unspecified atom stereocenters. The van der Waals surface area contributed by atoms with Crippen molar-refractivity contribution in [3.63, 3.8) is 0 Å². The Balaban J connectivity index is 2.27. The van der Waals surface area contributed by atoms with Gasteiger partial charge in [0.25, 0.3) is 0 Å². The molecule has 84 valence electrons. The monoisotopic (exact) mass is 211 g/mol. The fraction of sp³-hybridized carbons (Fsp3) is 0.600. The number of imidazole rings is 1. The zero-order chi connectivity index (χ0) is 11.1. The van der Waals surface area contributed by atoms with Gasteiger partial charge in [-0.2, -0.15) is 0 Å². The van der Waals surface area contributed by atoms with Gasteiger partial charge < -0.3 is 14.6 Å². The van der Waals surface area contributed by atoms with Gasteiger partial charge >= 0.3 is 0 Å². The first-order chi connectivity index (χ1) is 7.24. The average molecular weight is 211 g/mol. The van der Waals surface area contributed by atoms with Gasteiger partial charge in [-0.3, -0.25) is 4.79 Å². The summed E-state index contributed by atoms with van der Waals surface area (Å²) in [4.78, 5) is 20.3. The summed E-state index contributed by atoms with van der Waals surface area (Å²) < 4.78 is 4.89. The number of hydrogen-bond acceptors (Lipinski definition) is 3. The highest BCUT2D eigenvalue weighted by Gasteiger charge is 2.09. The quantitative estimate of drug-likeness (QED) is 0.708. The van der Waals surface area contributed by atoms with E-state index >= 15 is 0 Å². The third-order valence-electron chi connectivity index (χ3n) is 2.11. The Morgan fingerprint density at radius 2 is 2.47 bits per heavy atom. The molecule has 1 amide bonds. The van der Waals surface area contributed by atoms with Crippen molar-refractivity contribution >= 4 is 5.91 Å². The van der Waals surface area contributed by atoms with Crippen LogP contribution in [0, 0.1) is 0 Å². The molecule has 15 heavy (non-hydrogen) atoms. The molecule has 5 heteroatoms. The van der Waals surface area contributed by atoms with Gasteiger partial charge in [-0.1, -0.05) is 0 Å². The standard InChI is InChI=1S/C10H17N3O2/c1-13(8-9-11-5-6-12-9)10(14)4-3-7-15-2/h5-6H,3-4,7-8H2,1-2H3,(H,11,12). The predicted molar refractivity (Wildman–Crippen MR) is 56.2 cm³/mol. The molecule has 1 aromatic rings. The maximum atomic E-state index is 11.6. The molecule has 0 aromatic carbocycles. The summed E-state index contributed by atoms with van der Waals surface area (Å²) in [6.07, 6.45) is 4.71. The summed E-state index contributed by atoms with van der Waals surface area (Å²) in [7, 11) is 3.41. The van der Waals surface area contributed by atoms with E-state index in [1.54, 1.807) is 31.5 Å². The molecule has 1 rings (SSSR count). The van der Waals surface area contributed by atoms with E-state index in [9.17, 15) is 4.79 Å². The number of carbonyl (C=O) groups excluding carboxylic acids is 1. The highest BCUT2D eigenvalue weighted by molar-refractivity contribution is 5.75. The van der Waals surface area contributed by atoms with E-state index in [2.05, 4.69) is 9.97 Å². The number of carbonyl (C=O) groups is 1. The van der Waals surface area contributed by atoms with Crippen molar-refractivity contribution in [2.45, 2.75) is 19.4 Å². The Morgan fingerprint density at radius 1 is 1.67 bits per heavy atom. The summed E-state index contributed by atoms with van der Waals surface area (Å²) >= 11 is 0. The van der Waals surface area contributed by atoms with E-state index in [1.165, 1.54) is 0 Å². The molecule has 0 saturated carbocycles. The molecule has 0 aliphatic rings. The maximum Gasteiger partial charge on any atom is 0.222 e. The Hall–Kier alpha value is -1.36. The third kappa shape index (κ3) is 4.12. The number of aromatic amines is 1. The number of amides is 1. The Morgan fingerprint density at radius 3 is 3.07 bits per heavy atom. The Bertz CT molecular complexity index is 285. The Kier molecular flexibility index (Phi) is 4.83. The highest BCUT2D eigenvalue weighted by Crippen LogP contribution is 2.00. The van der Waals surface area contributed by atoms with Crippen LogP contribution in [0.15, 0.2) is 12.4 Å². The van der Waals surface area contributed by atoms with E-state index in [1.807, 2.05) is 0 Å². The van der Waals surface area contributed by atoms with Gasteiger partial charge in [0.1, 0.15) is 5.82 Å². The lowest BCUT2D eigenvalue weighted by Gasteiger charge is -2.15. The van der Waals surface area contributed by atoms with E-state index in [4.69, 9.17) is 4.74 Å². The summed E-state index contributed by atoms with van der Waals surface area (Å²) in [5.74, 6) is 0.918. The van der Waals surface area contributed by atoms with Gasteiger partial charge in [-0.25, -0.2) is 4.98 Å². The lowest BCUT2D eigenvalue weighted by Crippen LogP contribution is -2.26. The molecule has 0 atom stereocenters. The molecule has 0 aliphatic carbocycles. The minimum atomic E-state index is 0.114. The molecule has 0 saturated heterocycles. The molecule has 0 fully saturated rings. The number of nitrogens with zero attached hydrogens (tertiary/aromatic N) is 2. The van der Waals surface area contributed by atoms with Gasteiger partial charge in [0.2, 0.25) is 5.91 Å². The van der Waals surface area contributed by atoms with Crippen LogP contribution in [-0.2, 0) is 16.1 Å². The first-order valence-electron chi connectivity index (χ1n) is 4.95. The Labute approximate surface area is 89.4 Å². The van der Waals surface area contributed by atoms with E-state index in [-0.39, 0.29) is 5.91 Å². The van der Waals surface area contributed by atoms with Crippen LogP contribution in [-0.4, -0.2) is 41.5 Å². The van der Waals surface area contributed by atoms with Crippen LogP contribution in [0.2, 0.25) is 0 Å². The molecule has 5 nitrogen and oxygen atoms in total. The number of aromatic nitrogens is 2. The van der Waals surface area contributed by atoms with Crippen LogP contribution >= 0.6 is 0 Å². The fourth-order valence-corrected chi connectivity index (χ4v) is 1.26. The van der Waals surface area contributed by atoms with Crippen molar-refractivity contribution in [3.05, 3.63) is 18.2 Å². The second-order valence-electron chi connectivity index (χ2n) is 3.38. The smallest absolute Gasteiger partial charge is 0.222 e. The van der Waals surface area contributed by atoms with Crippen molar-refractivity contribution in [1.82, 2.24) is 14.9 Å². The van der Waals surface area contributed by atoms with E-state index in [0.717, 1.165) is 12.2 Å². The van der Waals surface area contributed by atoms with Crippen LogP contribution in [0.25, 0.3) is 0 Å². The van der Waals surface area contributed by atoms with Gasteiger partial charge in [0.05, 0.1) is 6.54 Å². The lowest BCUT2D eigenvalue weighted by atomic mass is 10.3. The van der Waals surface area contributed by atoms with Crippen molar-refractivity contribution in [3.8, 4) is 0 Å². The van der Waals surface area contributed by atoms with Crippen molar-refractivity contribution in [2.24, 2.45) is 0 Å². The molecule has 1 N–H and O–H groups in total. The van der Waals surface area contributed by atoms with Gasteiger partial charge in [0, 0.05) is 39.6 Å². The van der Waals surface area contributed by atoms with Crippen molar-refractivity contribution in [1.29, 1.82) is 0 Å². The van der Waals surface area contributed by atoms with Crippen LogP contribution in [0.1, 0.15) is 18.7 Å². The molecule has 0 spiro atoms. The average Bonchev–Trinajstić information content (AvgIpc) is 2.70. The van der Waals surface area contributed by atoms with Crippen LogP contribution in [0.4, 0.5) is 0 Å². The first-order valence-corrected chi connectivity index (χ1v) is 4.95. The summed E-state index contributed by atoms with van der Waals surface area (Å²) in [6, 6.07) is 0. The topological polar surface area (TPSA) is 58.2 Å². The van der Waals surface area contributed by atoms with E-state index in [0.29, 0.717) is 19.6 Å². The van der Waals surface area contributed by atoms with Gasteiger partial charge in [-0.05, 0) is 6.42 Å². The third-order valence-corrected chi connectivity index (χ3v) is 2.11. The minimum Gasteiger partial charge on any atom is -0.385 e. The molecular weight excluding hydrogens is 194 g/mol. The normalized spacial score (nSPS) is 10.3. The summed E-state index contributed by atoms with van der Waals surface area (Å²) in [5.41, 5.74) is 0. The maximum absolute atomic E-state index is 11.6. The number of H-pyrrole nitrogens is 1. The number of hydrogen-bond donors (Lipinski definition) is 1. The largest absolute Gasteiger partial charge is 0.385 e.